The van der Waals surface area contributed by atoms with Crippen molar-refractivity contribution in [2.24, 2.45) is 0 Å². The van der Waals surface area contributed by atoms with Crippen LogP contribution in [-0.2, 0) is 0 Å². The number of aromatic hydroxyl groups is 1. The lowest BCUT2D eigenvalue weighted by Gasteiger charge is -2.00. The fraction of sp³-hybridized carbons (Fsp3) is 0.125. The number of nitrogens with zero attached hydrogens (tertiary/aromatic N) is 2. The summed E-state index contributed by atoms with van der Waals surface area (Å²) in [4.78, 5) is 0. The van der Waals surface area contributed by atoms with Gasteiger partial charge in [0.05, 0.1) is 11.2 Å². The molecule has 11 heavy (non-hydrogen) atoms. The van der Waals surface area contributed by atoms with Gasteiger partial charge in [0, 0.05) is 6.20 Å². The zero-order chi connectivity index (χ0) is 7.84. The molecular formula is C8H8N2O. The summed E-state index contributed by atoms with van der Waals surface area (Å²) in [6.45, 7) is 1.83. The van der Waals surface area contributed by atoms with Crippen LogP contribution in [-0.4, -0.2) is 14.7 Å². The number of pyridine rings is 1. The summed E-state index contributed by atoms with van der Waals surface area (Å²) in [6.07, 6.45) is 1.71. The SMILES string of the molecule is Cc1c(O)ccc2ccnn12. The second kappa shape index (κ2) is 1.99. The Bertz CT molecular complexity index is 392. The van der Waals surface area contributed by atoms with Crippen LogP contribution < -0.4 is 0 Å². The fourth-order valence-electron chi connectivity index (χ4n) is 1.11. The van der Waals surface area contributed by atoms with Crippen LogP contribution in [0.5, 0.6) is 5.75 Å². The first-order valence-electron chi connectivity index (χ1n) is 3.41. The summed E-state index contributed by atoms with van der Waals surface area (Å²) < 4.78 is 1.70. The van der Waals surface area contributed by atoms with Crippen LogP contribution >= 0.6 is 0 Å². The molecule has 3 heteroatoms. The highest BCUT2D eigenvalue weighted by Gasteiger charge is 2.00. The summed E-state index contributed by atoms with van der Waals surface area (Å²) in [6, 6.07) is 5.40. The van der Waals surface area contributed by atoms with Gasteiger partial charge in [0.1, 0.15) is 5.75 Å². The zero-order valence-corrected chi connectivity index (χ0v) is 6.15. The molecule has 0 saturated heterocycles. The van der Waals surface area contributed by atoms with Crippen molar-refractivity contribution in [1.82, 2.24) is 9.61 Å². The van der Waals surface area contributed by atoms with E-state index in [0.29, 0.717) is 0 Å². The molecule has 0 aromatic carbocycles. The van der Waals surface area contributed by atoms with Gasteiger partial charge in [0.2, 0.25) is 0 Å². The van der Waals surface area contributed by atoms with Crippen LogP contribution in [0.1, 0.15) is 5.69 Å². The van der Waals surface area contributed by atoms with E-state index in [9.17, 15) is 5.11 Å². The van der Waals surface area contributed by atoms with Gasteiger partial charge < -0.3 is 5.11 Å². The summed E-state index contributed by atoms with van der Waals surface area (Å²) >= 11 is 0. The molecule has 0 aliphatic rings. The van der Waals surface area contributed by atoms with E-state index in [2.05, 4.69) is 5.10 Å². The van der Waals surface area contributed by atoms with Crippen LogP contribution in [0.2, 0.25) is 0 Å². The molecule has 56 valence electrons. The van der Waals surface area contributed by atoms with E-state index in [1.807, 2.05) is 19.1 Å². The van der Waals surface area contributed by atoms with Gasteiger partial charge in [0.25, 0.3) is 0 Å². The fourth-order valence-corrected chi connectivity index (χ4v) is 1.11. The van der Waals surface area contributed by atoms with Crippen LogP contribution in [0.4, 0.5) is 0 Å². The summed E-state index contributed by atoms with van der Waals surface area (Å²) in [5.74, 6) is 0.279. The summed E-state index contributed by atoms with van der Waals surface area (Å²) in [7, 11) is 0. The average Bonchev–Trinajstić information content (AvgIpc) is 2.45. The van der Waals surface area contributed by atoms with Gasteiger partial charge in [-0.15, -0.1) is 0 Å². The molecule has 2 aromatic heterocycles. The summed E-state index contributed by atoms with van der Waals surface area (Å²) in [5, 5.41) is 13.3. The maximum atomic E-state index is 9.27. The monoisotopic (exact) mass is 148 g/mol. The third kappa shape index (κ3) is 0.774. The first kappa shape index (κ1) is 6.22. The minimum atomic E-state index is 0.279. The predicted molar refractivity (Wildman–Crippen MR) is 41.6 cm³/mol. The van der Waals surface area contributed by atoms with Crippen LogP contribution in [0, 0.1) is 6.92 Å². The van der Waals surface area contributed by atoms with E-state index < -0.39 is 0 Å². The predicted octanol–water partition coefficient (Wildman–Crippen LogP) is 1.35. The Kier molecular flexibility index (Phi) is 1.12. The molecule has 0 bridgehead atoms. The zero-order valence-electron chi connectivity index (χ0n) is 6.15. The highest BCUT2D eigenvalue weighted by molar-refractivity contribution is 5.49. The van der Waals surface area contributed by atoms with Gasteiger partial charge in [0.15, 0.2) is 0 Å². The maximum Gasteiger partial charge on any atom is 0.136 e. The molecular weight excluding hydrogens is 140 g/mol. The third-order valence-electron chi connectivity index (χ3n) is 1.77. The first-order valence-corrected chi connectivity index (χ1v) is 3.41. The lowest BCUT2D eigenvalue weighted by molar-refractivity contribution is 0.465. The van der Waals surface area contributed by atoms with Crippen LogP contribution in [0.25, 0.3) is 5.52 Å². The Morgan fingerprint density at radius 2 is 2.18 bits per heavy atom. The largest absolute Gasteiger partial charge is 0.506 e. The number of aryl methyl sites for hydroxylation is 1. The van der Waals surface area contributed by atoms with Gasteiger partial charge >= 0.3 is 0 Å². The highest BCUT2D eigenvalue weighted by atomic mass is 16.3. The molecule has 1 N–H and O–H groups in total. The summed E-state index contributed by atoms with van der Waals surface area (Å²) in [5.41, 5.74) is 1.77. The van der Waals surface area contributed by atoms with E-state index in [4.69, 9.17) is 0 Å². The van der Waals surface area contributed by atoms with Crippen LogP contribution in [0.3, 0.4) is 0 Å². The second-order valence-corrected chi connectivity index (χ2v) is 2.47. The molecule has 0 unspecified atom stereocenters. The normalized spacial score (nSPS) is 10.6. The van der Waals surface area contributed by atoms with Gasteiger partial charge in [-0.3, -0.25) is 0 Å². The van der Waals surface area contributed by atoms with Crippen molar-refractivity contribution in [2.45, 2.75) is 6.92 Å². The Labute approximate surface area is 63.9 Å². The number of hydrogen-bond acceptors (Lipinski definition) is 2. The van der Waals surface area contributed by atoms with Crippen molar-refractivity contribution in [3.05, 3.63) is 30.1 Å². The molecule has 2 aromatic rings. The standard InChI is InChI=1S/C8H8N2O/c1-6-8(11)3-2-7-4-5-9-10(6)7/h2-5,11H,1H3. The lowest BCUT2D eigenvalue weighted by atomic mass is 10.3. The van der Waals surface area contributed by atoms with E-state index in [0.717, 1.165) is 11.2 Å². The Morgan fingerprint density at radius 3 is 3.00 bits per heavy atom. The van der Waals surface area contributed by atoms with E-state index >= 15 is 0 Å². The second-order valence-electron chi connectivity index (χ2n) is 2.47. The third-order valence-corrected chi connectivity index (χ3v) is 1.77. The molecule has 3 nitrogen and oxygen atoms in total. The minimum Gasteiger partial charge on any atom is -0.506 e. The van der Waals surface area contributed by atoms with Crippen molar-refractivity contribution < 1.29 is 5.11 Å². The molecule has 0 fully saturated rings. The van der Waals surface area contributed by atoms with E-state index in [-0.39, 0.29) is 5.75 Å². The van der Waals surface area contributed by atoms with Crippen molar-refractivity contribution >= 4 is 5.52 Å². The van der Waals surface area contributed by atoms with Crippen molar-refractivity contribution in [3.8, 4) is 5.75 Å². The maximum absolute atomic E-state index is 9.27. The minimum absolute atomic E-state index is 0.279. The van der Waals surface area contributed by atoms with Gasteiger partial charge in [-0.25, -0.2) is 4.52 Å². The van der Waals surface area contributed by atoms with Crippen LogP contribution in [0.15, 0.2) is 24.4 Å². The molecule has 0 saturated carbocycles. The number of fused-ring (bicyclic) bond motifs is 1. The van der Waals surface area contributed by atoms with Crippen molar-refractivity contribution in [1.29, 1.82) is 0 Å². The molecule has 2 rings (SSSR count). The number of hydrogen-bond donors (Lipinski definition) is 1. The van der Waals surface area contributed by atoms with Gasteiger partial charge in [-0.05, 0) is 25.1 Å². The molecule has 0 atom stereocenters. The number of aromatic nitrogens is 2. The van der Waals surface area contributed by atoms with Crippen molar-refractivity contribution in [2.75, 3.05) is 0 Å². The first-order chi connectivity index (χ1) is 5.29. The highest BCUT2D eigenvalue weighted by Crippen LogP contribution is 2.16. The molecule has 0 aliphatic heterocycles. The van der Waals surface area contributed by atoms with Crippen molar-refractivity contribution in [3.63, 3.8) is 0 Å². The lowest BCUT2D eigenvalue weighted by Crippen LogP contribution is -1.91. The Hall–Kier alpha value is -1.51. The Morgan fingerprint density at radius 1 is 1.36 bits per heavy atom. The molecule has 2 heterocycles. The smallest absolute Gasteiger partial charge is 0.136 e. The molecule has 0 aliphatic carbocycles. The number of rotatable bonds is 0. The van der Waals surface area contributed by atoms with E-state index in [1.165, 1.54) is 0 Å². The molecule has 0 amide bonds. The Balaban J connectivity index is 2.93. The van der Waals surface area contributed by atoms with E-state index in [1.54, 1.807) is 16.8 Å². The molecule has 0 radical (unpaired) electrons. The molecule has 0 spiro atoms. The average molecular weight is 148 g/mol. The van der Waals surface area contributed by atoms with Gasteiger partial charge in [-0.2, -0.15) is 5.10 Å². The van der Waals surface area contributed by atoms with Gasteiger partial charge in [-0.1, -0.05) is 0 Å². The quantitative estimate of drug-likeness (QED) is 0.612. The topological polar surface area (TPSA) is 37.5 Å².